The summed E-state index contributed by atoms with van der Waals surface area (Å²) in [5, 5.41) is 0. The molecule has 8 rings (SSSR count). The van der Waals surface area contributed by atoms with Gasteiger partial charge in [-0.05, 0) is 140 Å². The number of para-hydroxylation sites is 4. The minimum atomic E-state index is 0. The molecule has 82 heavy (non-hydrogen) atoms. The summed E-state index contributed by atoms with van der Waals surface area (Å²) in [5.41, 5.74) is 18.3. The maximum absolute atomic E-state index is 4.73. The smallest absolute Gasteiger partial charge is 0.0812 e. The van der Waals surface area contributed by atoms with Crippen molar-refractivity contribution in [1.29, 1.82) is 0 Å². The molecule has 4 aromatic heterocycles. The maximum Gasteiger partial charge on any atom is 0.0812 e. The minimum Gasteiger partial charge on any atom is -0.255 e. The van der Waals surface area contributed by atoms with Crippen molar-refractivity contribution in [1.82, 2.24) is 19.9 Å². The van der Waals surface area contributed by atoms with E-state index >= 15 is 0 Å². The van der Waals surface area contributed by atoms with Gasteiger partial charge in [-0.25, -0.2) is 0 Å². The molecule has 4 heterocycles. The van der Waals surface area contributed by atoms with Crippen molar-refractivity contribution in [3.05, 3.63) is 238 Å². The fourth-order valence-corrected chi connectivity index (χ4v) is 8.98. The van der Waals surface area contributed by atoms with Crippen molar-refractivity contribution in [2.75, 3.05) is 0 Å². The van der Waals surface area contributed by atoms with Gasteiger partial charge >= 0.3 is 0 Å². The number of pyridine rings is 4. The Morgan fingerprint density at radius 2 is 0.390 bits per heavy atom. The van der Waals surface area contributed by atoms with Crippen molar-refractivity contribution in [3.8, 4) is 0 Å². The molecule has 4 aromatic carbocycles. The molecule has 0 amide bonds. The van der Waals surface area contributed by atoms with Crippen LogP contribution in [-0.4, -0.2) is 44.8 Å². The Bertz CT molecular complexity index is 2680. The van der Waals surface area contributed by atoms with Crippen molar-refractivity contribution < 1.29 is 39.0 Å². The van der Waals surface area contributed by atoms with Gasteiger partial charge in [0.25, 0.3) is 0 Å². The van der Waals surface area contributed by atoms with Crippen molar-refractivity contribution >= 4 is 47.6 Å². The molecule has 0 radical (unpaired) electrons. The van der Waals surface area contributed by atoms with Gasteiger partial charge < -0.3 is 0 Å². The van der Waals surface area contributed by atoms with E-state index in [0.29, 0.717) is 47.3 Å². The predicted molar refractivity (Wildman–Crippen MR) is 344 cm³/mol. The van der Waals surface area contributed by atoms with Crippen LogP contribution >= 0.6 is 0 Å². The van der Waals surface area contributed by atoms with Gasteiger partial charge in [0.2, 0.25) is 0 Å². The van der Waals surface area contributed by atoms with E-state index in [2.05, 4.69) is 204 Å². The molecule has 0 bridgehead atoms. The molecule has 8 nitrogen and oxygen atoms in total. The second kappa shape index (κ2) is 36.1. The van der Waals surface area contributed by atoms with Gasteiger partial charge in [0.15, 0.2) is 0 Å². The molecular weight excluding hydrogens is 1110 g/mol. The van der Waals surface area contributed by atoms with Crippen LogP contribution in [0.1, 0.15) is 225 Å². The average Bonchev–Trinajstić information content (AvgIpc) is 3.45. The van der Waals surface area contributed by atoms with E-state index in [-0.39, 0.29) is 39.0 Å². The number of hydrogen-bond acceptors (Lipinski definition) is 8. The fourth-order valence-electron chi connectivity index (χ4n) is 8.98. The van der Waals surface area contributed by atoms with E-state index in [4.69, 9.17) is 20.0 Å². The van der Waals surface area contributed by atoms with E-state index < -0.39 is 0 Å². The van der Waals surface area contributed by atoms with Gasteiger partial charge in [0.05, 0.1) is 70.4 Å². The first-order chi connectivity index (χ1) is 38.4. The van der Waals surface area contributed by atoms with Crippen LogP contribution in [0.4, 0.5) is 22.7 Å². The van der Waals surface area contributed by atoms with Gasteiger partial charge in [-0.1, -0.05) is 208 Å². The van der Waals surface area contributed by atoms with E-state index in [1.54, 1.807) is 24.8 Å². The van der Waals surface area contributed by atoms with Crippen LogP contribution in [0.3, 0.4) is 0 Å². The van der Waals surface area contributed by atoms with Crippen LogP contribution in [-0.2, 0) is 39.0 Å². The average molecular weight is 1200 g/mol. The molecule has 0 saturated heterocycles. The quantitative estimate of drug-likeness (QED) is 0.0710. The number of rotatable bonds is 16. The predicted octanol–water partition coefficient (Wildman–Crippen LogP) is 20.3. The number of benzene rings is 4. The van der Waals surface area contributed by atoms with Crippen LogP contribution in [0.2, 0.25) is 0 Å². The first kappa shape index (κ1) is 69.7. The number of nitrogens with zero attached hydrogens (tertiary/aromatic N) is 8. The largest absolute Gasteiger partial charge is 0.255 e. The fraction of sp³-hybridized carbons (Fsp3) is 0.333. The van der Waals surface area contributed by atoms with Crippen LogP contribution in [0, 0.1) is 0 Å². The number of hydrogen-bond donors (Lipinski definition) is 0. The monoisotopic (exact) mass is 1190 g/mol. The molecule has 0 atom stereocenters. The van der Waals surface area contributed by atoms with Crippen molar-refractivity contribution in [3.63, 3.8) is 0 Å². The Kier molecular flexibility index (Phi) is 30.7. The zero-order chi connectivity index (χ0) is 58.1. The van der Waals surface area contributed by atoms with Crippen molar-refractivity contribution in [2.45, 2.75) is 158 Å². The molecule has 0 fully saturated rings. The third kappa shape index (κ3) is 21.6. The standard InChI is InChI=1S/4C18H22N2.2Zn/c4*1-13(2)16-9-7-10-17(14(3)4)18(16)20-12-15-8-5-6-11-19-15;;/h4*5-14H,1-4H3;;. The number of aliphatic imine (C=N–C) groups is 4. The molecule has 0 aliphatic carbocycles. The van der Waals surface area contributed by atoms with Gasteiger partial charge in [-0.3, -0.25) is 39.9 Å². The first-order valence-electron chi connectivity index (χ1n) is 28.7. The summed E-state index contributed by atoms with van der Waals surface area (Å²) in [5.74, 6) is 3.70. The molecule has 0 aliphatic heterocycles. The molecule has 0 N–H and O–H groups in total. The summed E-state index contributed by atoms with van der Waals surface area (Å²) in [4.78, 5) is 36.1. The Morgan fingerprint density at radius 1 is 0.232 bits per heavy atom. The molecule has 0 unspecified atom stereocenters. The van der Waals surface area contributed by atoms with E-state index in [1.807, 2.05) is 97.7 Å². The molecular formula is C72H88N8Zn2. The second-order valence-electron chi connectivity index (χ2n) is 22.4. The SMILES string of the molecule is CC(C)c1cccc(C(C)C)c1N=Cc1ccccn1.CC(C)c1cccc(C(C)C)c1N=Cc1ccccn1.CC(C)c1cccc(C(C)C)c1N=Cc1ccccn1.CC(C)c1cccc(C(C)C)c1N=Cc1ccccn1.[Zn].[Zn]. The van der Waals surface area contributed by atoms with Crippen LogP contribution in [0.5, 0.6) is 0 Å². The first-order valence-corrected chi connectivity index (χ1v) is 28.7. The van der Waals surface area contributed by atoms with E-state index in [1.165, 1.54) is 44.5 Å². The third-order valence-electron chi connectivity index (χ3n) is 13.4. The molecule has 0 aliphatic rings. The van der Waals surface area contributed by atoms with Crippen LogP contribution < -0.4 is 0 Å². The maximum atomic E-state index is 4.73. The summed E-state index contributed by atoms with van der Waals surface area (Å²) < 4.78 is 0. The summed E-state index contributed by atoms with van der Waals surface area (Å²) in [6.45, 7) is 35.3. The van der Waals surface area contributed by atoms with Gasteiger partial charge in [-0.2, -0.15) is 0 Å². The Morgan fingerprint density at radius 3 is 0.512 bits per heavy atom. The zero-order valence-electron chi connectivity index (χ0n) is 52.1. The summed E-state index contributed by atoms with van der Waals surface area (Å²) in [6, 6.07) is 49.3. The third-order valence-corrected chi connectivity index (χ3v) is 13.4. The summed E-state index contributed by atoms with van der Waals surface area (Å²) in [6.07, 6.45) is 14.6. The zero-order valence-corrected chi connectivity index (χ0v) is 58.0. The Labute approximate surface area is 518 Å². The molecule has 10 heteroatoms. The van der Waals surface area contributed by atoms with Gasteiger partial charge in [0, 0.05) is 63.7 Å². The van der Waals surface area contributed by atoms with Gasteiger partial charge in [-0.15, -0.1) is 0 Å². The normalized spacial score (nSPS) is 11.4. The summed E-state index contributed by atoms with van der Waals surface area (Å²) >= 11 is 0. The van der Waals surface area contributed by atoms with Crippen LogP contribution in [0.15, 0.2) is 190 Å². The molecule has 420 valence electrons. The second-order valence-corrected chi connectivity index (χ2v) is 22.4. The van der Waals surface area contributed by atoms with E-state index in [9.17, 15) is 0 Å². The van der Waals surface area contributed by atoms with Crippen LogP contribution in [0.25, 0.3) is 0 Å². The Balaban J connectivity index is 0.000000285. The molecule has 0 spiro atoms. The topological polar surface area (TPSA) is 101 Å². The summed E-state index contributed by atoms with van der Waals surface area (Å²) in [7, 11) is 0. The molecule has 0 saturated carbocycles. The minimum absolute atomic E-state index is 0. The Hall–Kier alpha value is -6.59. The van der Waals surface area contributed by atoms with Gasteiger partial charge in [0.1, 0.15) is 0 Å². The van der Waals surface area contributed by atoms with Crippen molar-refractivity contribution in [2.24, 2.45) is 20.0 Å². The molecule has 8 aromatic rings. The van der Waals surface area contributed by atoms with E-state index in [0.717, 1.165) is 45.5 Å². The number of aromatic nitrogens is 4.